The summed E-state index contributed by atoms with van der Waals surface area (Å²) in [5.74, 6) is -0.168. The van der Waals surface area contributed by atoms with Gasteiger partial charge in [0.1, 0.15) is 0 Å². The van der Waals surface area contributed by atoms with Crippen LogP contribution in [-0.2, 0) is 14.8 Å². The summed E-state index contributed by atoms with van der Waals surface area (Å²) in [6.45, 7) is 6.78. The van der Waals surface area contributed by atoms with Gasteiger partial charge in [-0.15, -0.1) is 0 Å². The Hall–Kier alpha value is -0.710. The first kappa shape index (κ1) is 19.6. The van der Waals surface area contributed by atoms with Gasteiger partial charge in [-0.25, -0.2) is 12.7 Å². The van der Waals surface area contributed by atoms with Gasteiger partial charge in [0.2, 0.25) is 10.0 Å². The first-order chi connectivity index (χ1) is 10.9. The Morgan fingerprint density at radius 2 is 2.00 bits per heavy atom. The number of ether oxygens (including phenoxy) is 1. The quantitative estimate of drug-likeness (QED) is 0.641. The third kappa shape index (κ3) is 4.09. The summed E-state index contributed by atoms with van der Waals surface area (Å²) in [4.78, 5) is 14.8. The summed E-state index contributed by atoms with van der Waals surface area (Å²) in [5, 5.41) is 0. The molecule has 1 aromatic carbocycles. The molecular weight excluding hydrogens is 443 g/mol. The molecule has 1 amide bonds. The van der Waals surface area contributed by atoms with Crippen molar-refractivity contribution in [3.63, 3.8) is 0 Å². The molecular formula is C16H23IN2O4S. The molecule has 1 fully saturated rings. The number of sulfonamides is 1. The van der Waals surface area contributed by atoms with Crippen molar-refractivity contribution >= 4 is 38.5 Å². The van der Waals surface area contributed by atoms with Crippen molar-refractivity contribution in [1.29, 1.82) is 0 Å². The molecule has 0 saturated carbocycles. The lowest BCUT2D eigenvalue weighted by atomic mass is 10.0. The average molecular weight is 466 g/mol. The minimum absolute atomic E-state index is 0.0657. The highest BCUT2D eigenvalue weighted by Gasteiger charge is 2.35. The Balaban J connectivity index is 2.40. The van der Waals surface area contributed by atoms with E-state index in [0.717, 1.165) is 7.88 Å². The molecule has 0 aliphatic carbocycles. The summed E-state index contributed by atoms with van der Waals surface area (Å²) < 4.78 is 32.4. The second-order valence-electron chi connectivity index (χ2n) is 6.80. The number of carbonyl (C=O) groups is 1. The van der Waals surface area contributed by atoms with E-state index >= 15 is 0 Å². The van der Waals surface area contributed by atoms with Crippen molar-refractivity contribution in [2.45, 2.75) is 37.4 Å². The van der Waals surface area contributed by atoms with Crippen LogP contribution in [0.25, 0.3) is 0 Å². The fourth-order valence-electron chi connectivity index (χ4n) is 2.82. The van der Waals surface area contributed by atoms with E-state index in [1.807, 2.05) is 20.8 Å². The summed E-state index contributed by atoms with van der Waals surface area (Å²) in [7, 11) is -0.633. The smallest absolute Gasteiger partial charge is 0.255 e. The predicted molar refractivity (Wildman–Crippen MR) is 101 cm³/mol. The molecule has 0 bridgehead atoms. The molecule has 1 saturated heterocycles. The number of halogens is 1. The summed E-state index contributed by atoms with van der Waals surface area (Å²) in [6, 6.07) is 4.66. The maximum Gasteiger partial charge on any atom is 0.255 e. The first-order valence-corrected chi connectivity index (χ1v) is 10.1. The van der Waals surface area contributed by atoms with E-state index in [1.165, 1.54) is 26.2 Å². The molecule has 1 aromatic rings. The molecule has 6 nitrogen and oxygen atoms in total. The number of hydrogen-bond acceptors (Lipinski definition) is 4. The lowest BCUT2D eigenvalue weighted by molar-refractivity contribution is -0.118. The van der Waals surface area contributed by atoms with Crippen LogP contribution in [0.4, 0.5) is 0 Å². The Bertz CT molecular complexity index is 746. The Morgan fingerprint density at radius 1 is 1.38 bits per heavy atom. The van der Waals surface area contributed by atoms with Crippen molar-refractivity contribution < 1.29 is 17.9 Å². The Kier molecular flexibility index (Phi) is 5.63. The fraction of sp³-hybridized carbons (Fsp3) is 0.562. The number of carbonyl (C=O) groups excluding carboxylic acids is 1. The Morgan fingerprint density at radius 3 is 2.54 bits per heavy atom. The molecule has 0 spiro atoms. The molecule has 0 radical (unpaired) electrons. The number of amides is 1. The molecule has 134 valence electrons. The highest BCUT2D eigenvalue weighted by molar-refractivity contribution is 14.1. The largest absolute Gasteiger partial charge is 0.369 e. The normalized spacial score (nSPS) is 21.1. The second-order valence-corrected chi connectivity index (χ2v) is 10.1. The second kappa shape index (κ2) is 6.89. The average Bonchev–Trinajstić information content (AvgIpc) is 2.44. The van der Waals surface area contributed by atoms with Crippen LogP contribution in [0, 0.1) is 3.57 Å². The van der Waals surface area contributed by atoms with Crippen LogP contribution in [0.5, 0.6) is 0 Å². The van der Waals surface area contributed by atoms with Crippen LogP contribution < -0.4 is 0 Å². The van der Waals surface area contributed by atoms with Crippen LogP contribution in [0.3, 0.4) is 0 Å². The highest BCUT2D eigenvalue weighted by atomic mass is 127. The van der Waals surface area contributed by atoms with Gasteiger partial charge in [0, 0.05) is 30.8 Å². The van der Waals surface area contributed by atoms with Crippen molar-refractivity contribution in [3.05, 3.63) is 27.3 Å². The molecule has 24 heavy (non-hydrogen) atoms. The number of benzene rings is 1. The van der Waals surface area contributed by atoms with Gasteiger partial charge < -0.3 is 9.64 Å². The summed E-state index contributed by atoms with van der Waals surface area (Å²) >= 11 is 2.06. The first-order valence-electron chi connectivity index (χ1n) is 7.63. The van der Waals surface area contributed by atoms with E-state index in [-0.39, 0.29) is 16.9 Å². The monoisotopic (exact) mass is 466 g/mol. The van der Waals surface area contributed by atoms with Crippen LogP contribution >= 0.6 is 22.6 Å². The lowest BCUT2D eigenvalue weighted by Crippen LogP contribution is -2.53. The van der Waals surface area contributed by atoms with E-state index in [1.54, 1.807) is 11.0 Å². The van der Waals surface area contributed by atoms with Crippen molar-refractivity contribution in [1.82, 2.24) is 9.21 Å². The van der Waals surface area contributed by atoms with Crippen molar-refractivity contribution in [2.75, 3.05) is 27.2 Å². The highest BCUT2D eigenvalue weighted by Crippen LogP contribution is 2.25. The minimum atomic E-state index is -3.58. The van der Waals surface area contributed by atoms with Crippen molar-refractivity contribution in [2.24, 2.45) is 0 Å². The van der Waals surface area contributed by atoms with Crippen LogP contribution in [0.1, 0.15) is 31.1 Å². The van der Waals surface area contributed by atoms with Gasteiger partial charge in [-0.1, -0.05) is 0 Å². The number of morpholine rings is 1. The number of hydrogen-bond donors (Lipinski definition) is 0. The van der Waals surface area contributed by atoms with E-state index in [0.29, 0.717) is 18.7 Å². The van der Waals surface area contributed by atoms with Crippen LogP contribution in [-0.4, -0.2) is 62.4 Å². The van der Waals surface area contributed by atoms with Crippen LogP contribution in [0.2, 0.25) is 0 Å². The predicted octanol–water partition coefficient (Wildman–Crippen LogP) is 2.18. The zero-order valence-electron chi connectivity index (χ0n) is 14.5. The molecule has 1 unspecified atom stereocenters. The standard InChI is InChI=1S/C16H23IN2O4S/c1-11-9-19(10-16(2,3)23-11)15(20)13-8-12(6-7-14(13)17)24(21,22)18(4)5/h6-8,11H,9-10H2,1-5H3. The van der Waals surface area contributed by atoms with E-state index < -0.39 is 15.6 Å². The number of rotatable bonds is 3. The van der Waals surface area contributed by atoms with E-state index in [9.17, 15) is 13.2 Å². The maximum absolute atomic E-state index is 13.0. The molecule has 1 atom stereocenters. The van der Waals surface area contributed by atoms with E-state index in [4.69, 9.17) is 4.74 Å². The van der Waals surface area contributed by atoms with Gasteiger partial charge in [0.15, 0.2) is 0 Å². The molecule has 0 N–H and O–H groups in total. The van der Waals surface area contributed by atoms with Gasteiger partial charge >= 0.3 is 0 Å². The molecule has 8 heteroatoms. The minimum Gasteiger partial charge on any atom is -0.369 e. The zero-order valence-corrected chi connectivity index (χ0v) is 17.5. The third-order valence-electron chi connectivity index (χ3n) is 3.80. The molecule has 1 aliphatic heterocycles. The molecule has 1 heterocycles. The van der Waals surface area contributed by atoms with Gasteiger partial charge in [-0.2, -0.15) is 0 Å². The molecule has 1 aliphatic rings. The van der Waals surface area contributed by atoms with Gasteiger partial charge in [0.25, 0.3) is 5.91 Å². The third-order valence-corrected chi connectivity index (χ3v) is 6.56. The summed E-state index contributed by atoms with van der Waals surface area (Å²) in [6.07, 6.45) is -0.0657. The fourth-order valence-corrected chi connectivity index (χ4v) is 4.31. The van der Waals surface area contributed by atoms with Gasteiger partial charge in [0.05, 0.1) is 22.2 Å². The maximum atomic E-state index is 13.0. The Labute approximate surface area is 157 Å². The summed E-state index contributed by atoms with van der Waals surface area (Å²) in [5.41, 5.74) is -0.0186. The SMILES string of the molecule is CC1CN(C(=O)c2cc(S(=O)(=O)N(C)C)ccc2I)CC(C)(C)O1. The van der Waals surface area contributed by atoms with Crippen molar-refractivity contribution in [3.8, 4) is 0 Å². The lowest BCUT2D eigenvalue weighted by Gasteiger charge is -2.41. The number of nitrogens with zero attached hydrogens (tertiary/aromatic N) is 2. The molecule has 0 aromatic heterocycles. The zero-order chi connectivity index (χ0) is 18.3. The van der Waals surface area contributed by atoms with Crippen LogP contribution in [0.15, 0.2) is 23.1 Å². The van der Waals surface area contributed by atoms with Gasteiger partial charge in [-0.05, 0) is 61.6 Å². The topological polar surface area (TPSA) is 66.9 Å². The molecule has 2 rings (SSSR count). The van der Waals surface area contributed by atoms with E-state index in [2.05, 4.69) is 22.6 Å². The van der Waals surface area contributed by atoms with Gasteiger partial charge in [-0.3, -0.25) is 4.79 Å².